The summed E-state index contributed by atoms with van der Waals surface area (Å²) < 4.78 is 5.81. The monoisotopic (exact) mass is 368 g/mol. The fourth-order valence-corrected chi connectivity index (χ4v) is 2.53. The highest BCUT2D eigenvalue weighted by molar-refractivity contribution is 6.02. The van der Waals surface area contributed by atoms with E-state index in [0.717, 1.165) is 11.1 Å². The van der Waals surface area contributed by atoms with Crippen molar-refractivity contribution in [2.45, 2.75) is 13.8 Å². The maximum absolute atomic E-state index is 12.0. The number of ether oxygens (including phenoxy) is 1. The van der Waals surface area contributed by atoms with Gasteiger partial charge in [-0.2, -0.15) is 0 Å². The molecule has 7 heteroatoms. The lowest BCUT2D eigenvalue weighted by molar-refractivity contribution is -0.122. The maximum atomic E-state index is 12.0. The van der Waals surface area contributed by atoms with Crippen LogP contribution in [-0.2, 0) is 4.79 Å². The Hall–Kier alpha value is -3.61. The Balaban J connectivity index is 0.000000817. The van der Waals surface area contributed by atoms with Gasteiger partial charge in [-0.05, 0) is 44.2 Å². The van der Waals surface area contributed by atoms with Gasteiger partial charge in [0.2, 0.25) is 0 Å². The highest BCUT2D eigenvalue weighted by atomic mass is 16.5. The zero-order valence-corrected chi connectivity index (χ0v) is 15.0. The van der Waals surface area contributed by atoms with Crippen LogP contribution < -0.4 is 10.1 Å². The van der Waals surface area contributed by atoms with Gasteiger partial charge in [0.15, 0.2) is 11.4 Å². The number of pyridine rings is 1. The lowest BCUT2D eigenvalue weighted by Gasteiger charge is -2.12. The predicted octanol–water partition coefficient (Wildman–Crippen LogP) is 3.49. The van der Waals surface area contributed by atoms with Crippen LogP contribution in [-0.4, -0.2) is 34.1 Å². The number of aromatic hydroxyl groups is 1. The Morgan fingerprint density at radius 3 is 2.44 bits per heavy atom. The Morgan fingerprint density at radius 2 is 1.81 bits per heavy atom. The topological polar surface area (TPSA) is 109 Å². The van der Waals surface area contributed by atoms with Crippen molar-refractivity contribution < 1.29 is 24.5 Å². The van der Waals surface area contributed by atoms with E-state index in [9.17, 15) is 9.90 Å². The molecular formula is C20H20N2O5. The summed E-state index contributed by atoms with van der Waals surface area (Å²) in [7, 11) is 0. The van der Waals surface area contributed by atoms with Gasteiger partial charge in [-0.25, -0.2) is 4.98 Å². The van der Waals surface area contributed by atoms with Crippen molar-refractivity contribution >= 4 is 23.2 Å². The molecule has 3 aromatic rings. The third-order valence-electron chi connectivity index (χ3n) is 3.67. The molecule has 0 atom stereocenters. The van der Waals surface area contributed by atoms with Gasteiger partial charge in [0.1, 0.15) is 11.5 Å². The predicted molar refractivity (Wildman–Crippen MR) is 101 cm³/mol. The third kappa shape index (κ3) is 4.72. The van der Waals surface area contributed by atoms with E-state index in [2.05, 4.69) is 10.3 Å². The molecule has 3 rings (SSSR count). The standard InChI is InChI=1S/C19H18N2O3.CH2O2/c1-3-20-19(23)17-18(22)15-10-9-14(11-16(15)12(2)21-17)24-13-7-5-4-6-8-13;2-1-3/h4-11,22H,3H2,1-2H3,(H,20,23);1H,(H,2,3). The van der Waals surface area contributed by atoms with Crippen LogP contribution in [0.15, 0.2) is 48.5 Å². The number of hydrogen-bond donors (Lipinski definition) is 3. The van der Waals surface area contributed by atoms with Crippen molar-refractivity contribution in [2.75, 3.05) is 6.54 Å². The van der Waals surface area contributed by atoms with Crippen LogP contribution >= 0.6 is 0 Å². The molecular weight excluding hydrogens is 348 g/mol. The van der Waals surface area contributed by atoms with Crippen LogP contribution in [0.4, 0.5) is 0 Å². The van der Waals surface area contributed by atoms with Gasteiger partial charge in [-0.15, -0.1) is 0 Å². The lowest BCUT2D eigenvalue weighted by Crippen LogP contribution is -2.24. The first-order chi connectivity index (χ1) is 13.0. The molecule has 0 saturated carbocycles. The minimum absolute atomic E-state index is 0.0403. The first-order valence-corrected chi connectivity index (χ1v) is 8.24. The summed E-state index contributed by atoms with van der Waals surface area (Å²) in [6, 6.07) is 14.8. The lowest BCUT2D eigenvalue weighted by atomic mass is 10.1. The van der Waals surface area contributed by atoms with E-state index >= 15 is 0 Å². The number of carbonyl (C=O) groups excluding carboxylic acids is 1. The number of aromatic nitrogens is 1. The van der Waals surface area contributed by atoms with Crippen molar-refractivity contribution in [2.24, 2.45) is 0 Å². The largest absolute Gasteiger partial charge is 0.505 e. The fraction of sp³-hybridized carbons (Fsp3) is 0.150. The molecule has 1 heterocycles. The Labute approximate surface area is 156 Å². The number of aryl methyl sites for hydroxylation is 1. The molecule has 7 nitrogen and oxygen atoms in total. The van der Waals surface area contributed by atoms with Crippen LogP contribution in [0.3, 0.4) is 0 Å². The zero-order valence-electron chi connectivity index (χ0n) is 15.0. The molecule has 0 spiro atoms. The summed E-state index contributed by atoms with van der Waals surface area (Å²) in [5.74, 6) is 0.867. The summed E-state index contributed by atoms with van der Waals surface area (Å²) in [6.07, 6.45) is 0. The van der Waals surface area contributed by atoms with Gasteiger partial charge in [0.05, 0.1) is 0 Å². The number of para-hydroxylation sites is 1. The number of amides is 1. The van der Waals surface area contributed by atoms with Crippen molar-refractivity contribution in [1.82, 2.24) is 10.3 Å². The van der Waals surface area contributed by atoms with Crippen molar-refractivity contribution in [3.63, 3.8) is 0 Å². The molecule has 0 bridgehead atoms. The second kappa shape index (κ2) is 9.19. The smallest absolute Gasteiger partial charge is 0.290 e. The first kappa shape index (κ1) is 19.7. The molecule has 0 saturated heterocycles. The minimum Gasteiger partial charge on any atom is -0.505 e. The van der Waals surface area contributed by atoms with Crippen molar-refractivity contribution in [1.29, 1.82) is 0 Å². The zero-order chi connectivity index (χ0) is 19.8. The maximum Gasteiger partial charge on any atom is 0.290 e. The van der Waals surface area contributed by atoms with Crippen LogP contribution in [0.1, 0.15) is 23.1 Å². The molecule has 2 aromatic carbocycles. The first-order valence-electron chi connectivity index (χ1n) is 8.24. The number of rotatable bonds is 4. The highest BCUT2D eigenvalue weighted by Gasteiger charge is 2.17. The number of carbonyl (C=O) groups is 2. The second-order valence-corrected chi connectivity index (χ2v) is 5.48. The number of benzene rings is 2. The Bertz CT molecular complexity index is 942. The van der Waals surface area contributed by atoms with E-state index < -0.39 is 0 Å². The molecule has 27 heavy (non-hydrogen) atoms. The van der Waals surface area contributed by atoms with Gasteiger partial charge in [-0.3, -0.25) is 9.59 Å². The number of fused-ring (bicyclic) bond motifs is 1. The second-order valence-electron chi connectivity index (χ2n) is 5.48. The summed E-state index contributed by atoms with van der Waals surface area (Å²) >= 11 is 0. The van der Waals surface area contributed by atoms with Crippen LogP contribution in [0.25, 0.3) is 10.8 Å². The van der Waals surface area contributed by atoms with E-state index in [1.54, 1.807) is 19.1 Å². The summed E-state index contributed by atoms with van der Waals surface area (Å²) in [4.78, 5) is 24.6. The molecule has 3 N–H and O–H groups in total. The highest BCUT2D eigenvalue weighted by Crippen LogP contribution is 2.33. The van der Waals surface area contributed by atoms with E-state index in [1.165, 1.54) is 0 Å². The molecule has 140 valence electrons. The summed E-state index contributed by atoms with van der Waals surface area (Å²) in [5, 5.41) is 21.2. The third-order valence-corrected chi connectivity index (χ3v) is 3.67. The normalized spacial score (nSPS) is 9.85. The van der Waals surface area contributed by atoms with Crippen LogP contribution in [0.2, 0.25) is 0 Å². The molecule has 0 unspecified atom stereocenters. The minimum atomic E-state index is -0.385. The SMILES string of the molecule is CCNC(=O)c1nc(C)c2cc(Oc3ccccc3)ccc2c1O.O=CO. The van der Waals surface area contributed by atoms with E-state index in [1.807, 2.05) is 43.3 Å². The van der Waals surface area contributed by atoms with E-state index in [-0.39, 0.29) is 23.8 Å². The number of hydrogen-bond acceptors (Lipinski definition) is 5. The average molecular weight is 368 g/mol. The average Bonchev–Trinajstić information content (AvgIpc) is 2.66. The number of nitrogens with one attached hydrogen (secondary N) is 1. The van der Waals surface area contributed by atoms with Gasteiger partial charge in [-0.1, -0.05) is 18.2 Å². The number of nitrogens with zero attached hydrogens (tertiary/aromatic N) is 1. The van der Waals surface area contributed by atoms with Gasteiger partial charge in [0, 0.05) is 23.0 Å². The van der Waals surface area contributed by atoms with Gasteiger partial charge >= 0.3 is 0 Å². The molecule has 0 aliphatic heterocycles. The number of carboxylic acid groups (broad SMARTS) is 1. The van der Waals surface area contributed by atoms with Gasteiger partial charge < -0.3 is 20.3 Å². The van der Waals surface area contributed by atoms with Crippen LogP contribution in [0, 0.1) is 6.92 Å². The molecule has 0 aliphatic carbocycles. The molecule has 0 fully saturated rings. The molecule has 1 amide bonds. The Morgan fingerprint density at radius 1 is 1.15 bits per heavy atom. The fourth-order valence-electron chi connectivity index (χ4n) is 2.53. The van der Waals surface area contributed by atoms with E-state index in [4.69, 9.17) is 14.6 Å². The van der Waals surface area contributed by atoms with Crippen molar-refractivity contribution in [3.8, 4) is 17.2 Å². The summed E-state index contributed by atoms with van der Waals surface area (Å²) in [6.45, 7) is 3.84. The van der Waals surface area contributed by atoms with Crippen molar-refractivity contribution in [3.05, 3.63) is 59.9 Å². The summed E-state index contributed by atoms with van der Waals surface area (Å²) in [5.41, 5.74) is 0.696. The Kier molecular flexibility index (Phi) is 6.71. The van der Waals surface area contributed by atoms with Gasteiger partial charge in [0.25, 0.3) is 12.4 Å². The van der Waals surface area contributed by atoms with E-state index in [0.29, 0.717) is 23.4 Å². The quantitative estimate of drug-likeness (QED) is 0.608. The molecule has 1 aromatic heterocycles. The molecule has 0 radical (unpaired) electrons. The van der Waals surface area contributed by atoms with Crippen LogP contribution in [0.5, 0.6) is 17.2 Å². The molecule has 0 aliphatic rings.